The fourth-order valence-electron chi connectivity index (χ4n) is 3.71. The molecule has 0 radical (unpaired) electrons. The predicted molar refractivity (Wildman–Crippen MR) is 96.4 cm³/mol. The number of likely N-dealkylation sites (tertiary alicyclic amines) is 2. The summed E-state index contributed by atoms with van der Waals surface area (Å²) in [5.41, 5.74) is 5.46. The van der Waals surface area contributed by atoms with Crippen molar-refractivity contribution < 1.29 is 39.3 Å². The highest BCUT2D eigenvalue weighted by Gasteiger charge is 2.43. The van der Waals surface area contributed by atoms with Crippen molar-refractivity contribution >= 4 is 29.7 Å². The first-order valence-corrected chi connectivity index (χ1v) is 9.39. The summed E-state index contributed by atoms with van der Waals surface area (Å²) in [4.78, 5) is 62.2. The van der Waals surface area contributed by atoms with Crippen molar-refractivity contribution in [2.24, 2.45) is 5.73 Å². The van der Waals surface area contributed by atoms with Crippen molar-refractivity contribution in [2.45, 2.75) is 56.3 Å². The summed E-state index contributed by atoms with van der Waals surface area (Å²) in [7, 11) is 0. The van der Waals surface area contributed by atoms with Crippen molar-refractivity contribution in [2.75, 3.05) is 19.7 Å². The number of nitrogens with one attached hydrogen (secondary N) is 1. The average Bonchev–Trinajstić information content (AvgIpc) is 3.33. The summed E-state index contributed by atoms with van der Waals surface area (Å²) in [6.07, 6.45) is 1.11. The van der Waals surface area contributed by atoms with Gasteiger partial charge >= 0.3 is 11.9 Å². The zero-order chi connectivity index (χ0) is 21.7. The first-order valence-electron chi connectivity index (χ1n) is 9.39. The summed E-state index contributed by atoms with van der Waals surface area (Å²) in [6.45, 7) is -0.254. The Balaban J connectivity index is 2.07. The molecule has 2 aliphatic heterocycles. The molecule has 2 heterocycles. The lowest BCUT2D eigenvalue weighted by molar-refractivity contribution is -0.152. The maximum Gasteiger partial charge on any atom is 0.326 e. The molecular weight excluding hydrogens is 388 g/mol. The van der Waals surface area contributed by atoms with E-state index in [0.717, 1.165) is 0 Å². The molecule has 4 unspecified atom stereocenters. The molecule has 0 aromatic carbocycles. The van der Waals surface area contributed by atoms with E-state index in [1.54, 1.807) is 0 Å². The number of carboxylic acids is 2. The Labute approximate surface area is 166 Å². The van der Waals surface area contributed by atoms with Gasteiger partial charge in [-0.2, -0.15) is 0 Å². The Morgan fingerprint density at radius 3 is 2.14 bits per heavy atom. The van der Waals surface area contributed by atoms with Crippen molar-refractivity contribution in [3.05, 3.63) is 0 Å². The minimum atomic E-state index is -1.40. The van der Waals surface area contributed by atoms with Gasteiger partial charge in [-0.25, -0.2) is 4.79 Å². The van der Waals surface area contributed by atoms with E-state index in [-0.39, 0.29) is 6.54 Å². The summed E-state index contributed by atoms with van der Waals surface area (Å²) in [5, 5.41) is 29.7. The molecule has 3 amide bonds. The van der Waals surface area contributed by atoms with E-state index in [1.165, 1.54) is 9.80 Å². The fraction of sp³-hybridized carbons (Fsp3) is 0.706. The van der Waals surface area contributed by atoms with Crippen LogP contribution in [0.3, 0.4) is 0 Å². The third kappa shape index (κ3) is 5.21. The molecule has 2 saturated heterocycles. The minimum Gasteiger partial charge on any atom is -0.481 e. The molecule has 6 N–H and O–H groups in total. The normalized spacial score (nSPS) is 23.5. The first-order chi connectivity index (χ1) is 13.7. The van der Waals surface area contributed by atoms with Crippen LogP contribution in [0, 0.1) is 0 Å². The van der Waals surface area contributed by atoms with E-state index in [4.69, 9.17) is 10.8 Å². The van der Waals surface area contributed by atoms with Gasteiger partial charge in [0.2, 0.25) is 17.7 Å². The van der Waals surface area contributed by atoms with Crippen molar-refractivity contribution in [1.29, 1.82) is 0 Å². The number of aliphatic hydroxyl groups is 1. The van der Waals surface area contributed by atoms with Crippen LogP contribution in [0.5, 0.6) is 0 Å². The highest BCUT2D eigenvalue weighted by atomic mass is 16.4. The van der Waals surface area contributed by atoms with Crippen LogP contribution in [0.1, 0.15) is 32.1 Å². The SMILES string of the molecule is NC(CC(=O)O)C(=O)NC(CO)C(=O)N1CCCC1C(=O)N1CCCC1C(=O)O. The molecule has 12 nitrogen and oxygen atoms in total. The number of carboxylic acid groups (broad SMARTS) is 2. The summed E-state index contributed by atoms with van der Waals surface area (Å²) in [5.74, 6) is -4.47. The number of rotatable bonds is 8. The maximum absolute atomic E-state index is 12.9. The number of aliphatic hydroxyl groups excluding tert-OH is 1. The van der Waals surface area contributed by atoms with E-state index >= 15 is 0 Å². The Bertz CT molecular complexity index is 684. The second-order valence-electron chi connectivity index (χ2n) is 7.17. The maximum atomic E-state index is 12.9. The van der Waals surface area contributed by atoms with Gasteiger partial charge in [-0.15, -0.1) is 0 Å². The van der Waals surface area contributed by atoms with E-state index in [1.807, 2.05) is 0 Å². The van der Waals surface area contributed by atoms with Crippen LogP contribution in [0.4, 0.5) is 0 Å². The van der Waals surface area contributed by atoms with Gasteiger partial charge in [0.25, 0.3) is 0 Å². The molecule has 0 saturated carbocycles. The van der Waals surface area contributed by atoms with Crippen molar-refractivity contribution in [1.82, 2.24) is 15.1 Å². The summed E-state index contributed by atoms with van der Waals surface area (Å²) < 4.78 is 0. The summed E-state index contributed by atoms with van der Waals surface area (Å²) >= 11 is 0. The second kappa shape index (κ2) is 9.65. The van der Waals surface area contributed by atoms with E-state index < -0.39 is 66.9 Å². The van der Waals surface area contributed by atoms with Gasteiger partial charge in [0.05, 0.1) is 19.1 Å². The molecule has 0 spiro atoms. The number of nitrogens with two attached hydrogens (primary N) is 1. The summed E-state index contributed by atoms with van der Waals surface area (Å²) in [6, 6.07) is -4.58. The third-order valence-corrected chi connectivity index (χ3v) is 5.17. The number of carbonyl (C=O) groups excluding carboxylic acids is 3. The molecule has 2 aliphatic rings. The van der Waals surface area contributed by atoms with E-state index in [0.29, 0.717) is 32.2 Å². The second-order valence-corrected chi connectivity index (χ2v) is 7.17. The van der Waals surface area contributed by atoms with Crippen molar-refractivity contribution in [3.8, 4) is 0 Å². The quantitative estimate of drug-likeness (QED) is 0.282. The standard InChI is InChI=1S/C17H26N4O8/c18-9(7-13(23)24)14(25)19-10(8-22)15(26)20-5-1-3-11(20)16(27)21-6-2-4-12(21)17(28)29/h9-12,22H,1-8,18H2,(H,19,25)(H,23,24)(H,28,29). The van der Waals surface area contributed by atoms with Crippen LogP contribution in [-0.2, 0) is 24.0 Å². The minimum absolute atomic E-state index is 0.217. The van der Waals surface area contributed by atoms with Gasteiger partial charge in [-0.1, -0.05) is 0 Å². The largest absolute Gasteiger partial charge is 0.481 e. The lowest BCUT2D eigenvalue weighted by atomic mass is 10.1. The third-order valence-electron chi connectivity index (χ3n) is 5.17. The van der Waals surface area contributed by atoms with E-state index in [9.17, 15) is 34.2 Å². The van der Waals surface area contributed by atoms with Gasteiger partial charge in [0.15, 0.2) is 0 Å². The van der Waals surface area contributed by atoms with E-state index in [2.05, 4.69) is 5.32 Å². The molecule has 29 heavy (non-hydrogen) atoms. The van der Waals surface area contributed by atoms with Gasteiger partial charge in [-0.3, -0.25) is 19.2 Å². The van der Waals surface area contributed by atoms with Crippen LogP contribution >= 0.6 is 0 Å². The molecule has 162 valence electrons. The number of amides is 3. The Hall–Kier alpha value is -2.73. The number of nitrogens with zero attached hydrogens (tertiary/aromatic N) is 2. The topological polar surface area (TPSA) is 191 Å². The Morgan fingerprint density at radius 2 is 1.59 bits per heavy atom. The van der Waals surface area contributed by atoms with Crippen LogP contribution in [0.2, 0.25) is 0 Å². The lowest BCUT2D eigenvalue weighted by Gasteiger charge is -2.32. The molecule has 2 rings (SSSR count). The Kier molecular flexibility index (Phi) is 7.51. The van der Waals surface area contributed by atoms with Crippen LogP contribution < -0.4 is 11.1 Å². The van der Waals surface area contributed by atoms with Crippen LogP contribution in [-0.4, -0.2) is 98.6 Å². The zero-order valence-corrected chi connectivity index (χ0v) is 15.8. The molecule has 0 bridgehead atoms. The molecule has 12 heteroatoms. The molecule has 0 aliphatic carbocycles. The van der Waals surface area contributed by atoms with Crippen LogP contribution in [0.15, 0.2) is 0 Å². The highest BCUT2D eigenvalue weighted by Crippen LogP contribution is 2.25. The lowest BCUT2D eigenvalue weighted by Crippen LogP contribution is -2.58. The van der Waals surface area contributed by atoms with Gasteiger partial charge < -0.3 is 36.2 Å². The zero-order valence-electron chi connectivity index (χ0n) is 15.8. The number of carbonyl (C=O) groups is 5. The smallest absolute Gasteiger partial charge is 0.326 e. The molecule has 4 atom stereocenters. The molecule has 2 fully saturated rings. The van der Waals surface area contributed by atoms with Gasteiger partial charge in [0.1, 0.15) is 18.1 Å². The number of hydrogen-bond donors (Lipinski definition) is 5. The monoisotopic (exact) mass is 414 g/mol. The number of hydrogen-bond acceptors (Lipinski definition) is 7. The molecule has 0 aromatic heterocycles. The highest BCUT2D eigenvalue weighted by molar-refractivity contribution is 5.95. The predicted octanol–water partition coefficient (Wildman–Crippen LogP) is -2.67. The molecule has 0 aromatic rings. The average molecular weight is 414 g/mol. The molecular formula is C17H26N4O8. The van der Waals surface area contributed by atoms with Crippen LogP contribution in [0.25, 0.3) is 0 Å². The fourth-order valence-corrected chi connectivity index (χ4v) is 3.71. The van der Waals surface area contributed by atoms with Gasteiger partial charge in [0, 0.05) is 13.1 Å². The van der Waals surface area contributed by atoms with Gasteiger partial charge in [-0.05, 0) is 25.7 Å². The first kappa shape index (κ1) is 22.6. The Morgan fingerprint density at radius 1 is 1.00 bits per heavy atom. The van der Waals surface area contributed by atoms with Crippen molar-refractivity contribution in [3.63, 3.8) is 0 Å². The number of aliphatic carboxylic acids is 2.